The molecule has 0 aliphatic carbocycles. The zero-order chi connectivity index (χ0) is 14.5. The summed E-state index contributed by atoms with van der Waals surface area (Å²) in [6.45, 7) is 4.37. The average Bonchev–Trinajstić information content (AvgIpc) is 2.39. The minimum Gasteiger partial charge on any atom is -0.383 e. The molecule has 4 nitrogen and oxygen atoms in total. The molecular weight excluding hydrogens is 269 g/mol. The summed E-state index contributed by atoms with van der Waals surface area (Å²) in [7, 11) is -2.09. The Hall–Kier alpha value is -0.980. The second kappa shape index (κ2) is 6.98. The Bertz CT molecular complexity index is 487. The molecule has 0 heterocycles. The summed E-state index contributed by atoms with van der Waals surface area (Å²) in [5, 5.41) is 0. The minimum atomic E-state index is -3.61. The van der Waals surface area contributed by atoms with E-state index >= 15 is 0 Å². The van der Waals surface area contributed by atoms with E-state index in [9.17, 15) is 12.8 Å². The van der Waals surface area contributed by atoms with Crippen molar-refractivity contribution >= 4 is 10.0 Å². The normalized spacial score (nSPS) is 13.7. The number of hydrogen-bond donors (Lipinski definition) is 0. The van der Waals surface area contributed by atoms with Crippen molar-refractivity contribution in [3.8, 4) is 0 Å². The van der Waals surface area contributed by atoms with Crippen molar-refractivity contribution < 1.29 is 17.5 Å². The Morgan fingerprint density at radius 1 is 1.32 bits per heavy atom. The molecule has 0 fully saturated rings. The first-order valence-corrected chi connectivity index (χ1v) is 7.63. The molecule has 0 N–H and O–H groups in total. The van der Waals surface area contributed by atoms with Crippen LogP contribution in [0.1, 0.15) is 20.3 Å². The van der Waals surface area contributed by atoms with Gasteiger partial charge in [0.15, 0.2) is 0 Å². The summed E-state index contributed by atoms with van der Waals surface area (Å²) in [5.74, 6) is -0.453. The molecule has 6 heteroatoms. The van der Waals surface area contributed by atoms with Gasteiger partial charge in [0.2, 0.25) is 10.0 Å². The minimum absolute atomic E-state index is 0.102. The van der Waals surface area contributed by atoms with Gasteiger partial charge in [-0.15, -0.1) is 0 Å². The van der Waals surface area contributed by atoms with Crippen LogP contribution in [0.3, 0.4) is 0 Å². The van der Waals surface area contributed by atoms with E-state index in [1.165, 1.54) is 23.5 Å². The lowest BCUT2D eigenvalue weighted by Gasteiger charge is -2.27. The smallest absolute Gasteiger partial charge is 0.243 e. The molecule has 1 unspecified atom stereocenters. The van der Waals surface area contributed by atoms with E-state index in [0.29, 0.717) is 13.0 Å². The highest BCUT2D eigenvalue weighted by molar-refractivity contribution is 7.89. The molecule has 108 valence electrons. The van der Waals surface area contributed by atoms with Crippen molar-refractivity contribution in [2.24, 2.45) is 0 Å². The summed E-state index contributed by atoms with van der Waals surface area (Å²) in [5.41, 5.74) is 0. The first kappa shape index (κ1) is 16.1. The number of nitrogens with zero attached hydrogens (tertiary/aromatic N) is 1. The Balaban J connectivity index is 3.07. The maximum absolute atomic E-state index is 12.9. The summed E-state index contributed by atoms with van der Waals surface area (Å²) in [6, 6.07) is 4.74. The maximum Gasteiger partial charge on any atom is 0.243 e. The first-order valence-electron chi connectivity index (χ1n) is 6.19. The lowest BCUT2D eigenvalue weighted by Crippen LogP contribution is -2.40. The van der Waals surface area contributed by atoms with E-state index in [2.05, 4.69) is 0 Å². The van der Waals surface area contributed by atoms with Crippen LogP contribution in [0.15, 0.2) is 29.2 Å². The summed E-state index contributed by atoms with van der Waals surface area (Å²) in [4.78, 5) is 0.102. The van der Waals surface area contributed by atoms with Crippen molar-refractivity contribution in [2.75, 3.05) is 20.3 Å². The topological polar surface area (TPSA) is 46.6 Å². The van der Waals surface area contributed by atoms with Gasteiger partial charge in [-0.1, -0.05) is 6.92 Å². The molecule has 0 aromatic heterocycles. The molecule has 0 aliphatic rings. The fraction of sp³-hybridized carbons (Fsp3) is 0.538. The molecule has 1 atom stereocenters. The molecule has 0 saturated carbocycles. The van der Waals surface area contributed by atoms with Crippen LogP contribution in [0.2, 0.25) is 0 Å². The van der Waals surface area contributed by atoms with E-state index in [0.717, 1.165) is 12.1 Å². The third-order valence-corrected chi connectivity index (χ3v) is 5.05. The number of ether oxygens (including phenoxy) is 1. The number of rotatable bonds is 7. The largest absolute Gasteiger partial charge is 0.383 e. The van der Waals surface area contributed by atoms with Gasteiger partial charge >= 0.3 is 0 Å². The number of methoxy groups -OCH3 is 1. The predicted molar refractivity (Wildman–Crippen MR) is 71.9 cm³/mol. The highest BCUT2D eigenvalue weighted by atomic mass is 32.2. The van der Waals surface area contributed by atoms with E-state index in [4.69, 9.17) is 4.74 Å². The molecule has 0 bridgehead atoms. The Morgan fingerprint density at radius 3 is 2.37 bits per heavy atom. The van der Waals surface area contributed by atoms with Crippen LogP contribution in [0.5, 0.6) is 0 Å². The molecule has 0 aliphatic heterocycles. The van der Waals surface area contributed by atoms with Gasteiger partial charge in [-0.25, -0.2) is 12.8 Å². The first-order chi connectivity index (χ1) is 8.93. The maximum atomic E-state index is 12.9. The van der Waals surface area contributed by atoms with E-state index in [-0.39, 0.29) is 17.5 Å². The van der Waals surface area contributed by atoms with E-state index in [1.54, 1.807) is 0 Å². The third-order valence-electron chi connectivity index (χ3n) is 3.02. The highest BCUT2D eigenvalue weighted by Crippen LogP contribution is 2.19. The Kier molecular flexibility index (Phi) is 5.90. The van der Waals surface area contributed by atoms with Gasteiger partial charge in [0.25, 0.3) is 0 Å². The molecule has 0 spiro atoms. The van der Waals surface area contributed by atoms with E-state index in [1.807, 2.05) is 13.8 Å². The van der Waals surface area contributed by atoms with Crippen molar-refractivity contribution in [3.63, 3.8) is 0 Å². The molecule has 0 saturated heterocycles. The van der Waals surface area contributed by atoms with Gasteiger partial charge in [-0.3, -0.25) is 0 Å². The van der Waals surface area contributed by atoms with Crippen LogP contribution in [0.25, 0.3) is 0 Å². The van der Waals surface area contributed by atoms with Gasteiger partial charge in [0.1, 0.15) is 5.82 Å². The summed E-state index contributed by atoms with van der Waals surface area (Å²) >= 11 is 0. The lowest BCUT2D eigenvalue weighted by atomic mass is 10.3. The fourth-order valence-corrected chi connectivity index (χ4v) is 3.39. The van der Waals surface area contributed by atoms with Crippen LogP contribution in [-0.4, -0.2) is 39.0 Å². The summed E-state index contributed by atoms with van der Waals surface area (Å²) in [6.07, 6.45) is 0.699. The average molecular weight is 289 g/mol. The molecule has 1 rings (SSSR count). The molecule has 19 heavy (non-hydrogen) atoms. The predicted octanol–water partition coefficient (Wildman–Crippen LogP) is 2.26. The quantitative estimate of drug-likeness (QED) is 0.773. The molecular formula is C13H20FNO3S. The molecule has 0 amide bonds. The summed E-state index contributed by atoms with van der Waals surface area (Å²) < 4.78 is 44.2. The van der Waals surface area contributed by atoms with Gasteiger partial charge in [-0.05, 0) is 37.6 Å². The van der Waals surface area contributed by atoms with Gasteiger partial charge in [0, 0.05) is 19.7 Å². The number of hydrogen-bond acceptors (Lipinski definition) is 3. The van der Waals surface area contributed by atoms with Gasteiger partial charge < -0.3 is 4.74 Å². The highest BCUT2D eigenvalue weighted by Gasteiger charge is 2.27. The van der Waals surface area contributed by atoms with Gasteiger partial charge in [0.05, 0.1) is 11.5 Å². The Morgan fingerprint density at radius 2 is 1.89 bits per heavy atom. The number of sulfonamides is 1. The van der Waals surface area contributed by atoms with Crippen LogP contribution >= 0.6 is 0 Å². The molecule has 1 aromatic rings. The zero-order valence-electron chi connectivity index (χ0n) is 11.5. The molecule has 0 radical (unpaired) electrons. The lowest BCUT2D eigenvalue weighted by molar-refractivity contribution is 0.167. The molecule has 1 aromatic carbocycles. The van der Waals surface area contributed by atoms with Gasteiger partial charge in [-0.2, -0.15) is 4.31 Å². The second-order valence-corrected chi connectivity index (χ2v) is 6.21. The van der Waals surface area contributed by atoms with Crippen molar-refractivity contribution in [1.29, 1.82) is 0 Å². The van der Waals surface area contributed by atoms with Crippen LogP contribution in [0, 0.1) is 5.82 Å². The van der Waals surface area contributed by atoms with Crippen LogP contribution in [-0.2, 0) is 14.8 Å². The van der Waals surface area contributed by atoms with Crippen LogP contribution < -0.4 is 0 Å². The Labute approximate surface area is 114 Å². The fourth-order valence-electron chi connectivity index (χ4n) is 1.70. The standard InChI is InChI=1S/C13H20FNO3S/c1-4-11(2)15(9-10-18-3)19(16,17)13-7-5-12(14)6-8-13/h5-8,11H,4,9-10H2,1-3H3. The number of halogens is 1. The second-order valence-electron chi connectivity index (χ2n) is 4.32. The van der Waals surface area contributed by atoms with Crippen molar-refractivity contribution in [3.05, 3.63) is 30.1 Å². The van der Waals surface area contributed by atoms with Crippen molar-refractivity contribution in [2.45, 2.75) is 31.2 Å². The van der Waals surface area contributed by atoms with Crippen molar-refractivity contribution in [1.82, 2.24) is 4.31 Å². The van der Waals surface area contributed by atoms with Crippen LogP contribution in [0.4, 0.5) is 4.39 Å². The van der Waals surface area contributed by atoms with E-state index < -0.39 is 15.8 Å². The monoisotopic (exact) mass is 289 g/mol. The third kappa shape index (κ3) is 3.99. The SMILES string of the molecule is CCC(C)N(CCOC)S(=O)(=O)c1ccc(F)cc1. The zero-order valence-corrected chi connectivity index (χ0v) is 12.3. The number of benzene rings is 1.